The zero-order valence-corrected chi connectivity index (χ0v) is 18.2. The zero-order chi connectivity index (χ0) is 21.8. The van der Waals surface area contributed by atoms with Crippen LogP contribution in [0.3, 0.4) is 0 Å². The molecular formula is C27H29NO4. The Morgan fingerprint density at radius 2 is 1.88 bits per heavy atom. The van der Waals surface area contributed by atoms with Crippen LogP contribution in [0, 0.1) is 0 Å². The van der Waals surface area contributed by atoms with Gasteiger partial charge in [0.15, 0.2) is 11.5 Å². The molecular weight excluding hydrogens is 402 g/mol. The summed E-state index contributed by atoms with van der Waals surface area (Å²) in [6.45, 7) is 3.92. The third-order valence-electron chi connectivity index (χ3n) is 6.19. The second-order valence-corrected chi connectivity index (χ2v) is 8.63. The van der Waals surface area contributed by atoms with Crippen LogP contribution >= 0.6 is 0 Å². The molecule has 32 heavy (non-hydrogen) atoms. The maximum atomic E-state index is 9.83. The summed E-state index contributed by atoms with van der Waals surface area (Å²) < 4.78 is 18.2. The lowest BCUT2D eigenvalue weighted by Crippen LogP contribution is -2.44. The van der Waals surface area contributed by atoms with Gasteiger partial charge in [-0.1, -0.05) is 42.5 Å². The van der Waals surface area contributed by atoms with Gasteiger partial charge in [-0.25, -0.2) is 0 Å². The van der Waals surface area contributed by atoms with E-state index in [1.807, 2.05) is 48.5 Å². The normalized spacial score (nSPS) is 20.6. The second kappa shape index (κ2) is 9.53. The highest BCUT2D eigenvalue weighted by Gasteiger charge is 2.27. The Labute approximate surface area is 189 Å². The van der Waals surface area contributed by atoms with Gasteiger partial charge < -0.3 is 19.3 Å². The fourth-order valence-corrected chi connectivity index (χ4v) is 4.58. The van der Waals surface area contributed by atoms with Crippen LogP contribution in [0.15, 0.2) is 72.8 Å². The molecule has 2 heterocycles. The molecule has 0 aliphatic carbocycles. The lowest BCUT2D eigenvalue weighted by atomic mass is 9.90. The highest BCUT2D eigenvalue weighted by Crippen LogP contribution is 2.36. The van der Waals surface area contributed by atoms with E-state index in [9.17, 15) is 5.11 Å². The minimum atomic E-state index is -0.0187. The molecule has 2 aliphatic heterocycles. The van der Waals surface area contributed by atoms with Crippen LogP contribution in [0.4, 0.5) is 0 Å². The van der Waals surface area contributed by atoms with Crippen molar-refractivity contribution in [2.24, 2.45) is 0 Å². The number of aromatic hydroxyl groups is 1. The van der Waals surface area contributed by atoms with Crippen molar-refractivity contribution in [2.75, 3.05) is 26.2 Å². The van der Waals surface area contributed by atoms with E-state index in [2.05, 4.69) is 23.1 Å². The number of phenolic OH excluding ortho intramolecular Hbond substituents is 1. The number of ether oxygens (including phenoxy) is 3. The van der Waals surface area contributed by atoms with Crippen molar-refractivity contribution in [2.45, 2.75) is 31.5 Å². The summed E-state index contributed by atoms with van der Waals surface area (Å²) in [5.41, 5.74) is 2.34. The van der Waals surface area contributed by atoms with Crippen molar-refractivity contribution in [1.29, 1.82) is 0 Å². The van der Waals surface area contributed by atoms with Crippen LogP contribution in [0.1, 0.15) is 29.9 Å². The average molecular weight is 432 g/mol. The predicted octanol–water partition coefficient (Wildman–Crippen LogP) is 4.99. The number of nitrogens with zero attached hydrogens (tertiary/aromatic N) is 1. The van der Waals surface area contributed by atoms with Gasteiger partial charge in [0, 0.05) is 19.2 Å². The van der Waals surface area contributed by atoms with Gasteiger partial charge in [-0.2, -0.15) is 0 Å². The van der Waals surface area contributed by atoms with E-state index >= 15 is 0 Å². The standard InChI is InChI=1S/C27H29NO4/c29-23-10-4-8-21(14-23)22-9-5-13-28(16-22)17-25-19-31-26-12-11-24(15-27(26)32-25)30-18-20-6-2-1-3-7-20/h1-4,6-8,10-12,14-15,22,25,29H,5,9,13,16-19H2. The third kappa shape index (κ3) is 5.00. The summed E-state index contributed by atoms with van der Waals surface area (Å²) >= 11 is 0. The molecule has 1 N–H and O–H groups in total. The second-order valence-electron chi connectivity index (χ2n) is 8.63. The van der Waals surface area contributed by atoms with Gasteiger partial charge >= 0.3 is 0 Å². The topological polar surface area (TPSA) is 51.2 Å². The van der Waals surface area contributed by atoms with E-state index in [-0.39, 0.29) is 6.10 Å². The van der Waals surface area contributed by atoms with Crippen LogP contribution in [-0.4, -0.2) is 42.4 Å². The molecule has 0 bridgehead atoms. The molecule has 0 radical (unpaired) electrons. The SMILES string of the molecule is Oc1cccc(C2CCCN(CC3COc4ccc(OCc5ccccc5)cc4O3)C2)c1. The number of phenols is 1. The molecule has 1 saturated heterocycles. The largest absolute Gasteiger partial charge is 0.508 e. The molecule has 5 rings (SSSR count). The van der Waals surface area contributed by atoms with Crippen molar-refractivity contribution in [3.05, 3.63) is 83.9 Å². The summed E-state index contributed by atoms with van der Waals surface area (Å²) in [4.78, 5) is 2.45. The van der Waals surface area contributed by atoms with Crippen LogP contribution in [0.5, 0.6) is 23.0 Å². The van der Waals surface area contributed by atoms with Gasteiger partial charge in [0.05, 0.1) is 0 Å². The maximum Gasteiger partial charge on any atom is 0.165 e. The van der Waals surface area contributed by atoms with E-state index in [1.165, 1.54) is 5.56 Å². The number of hydrogen-bond donors (Lipinski definition) is 1. The Bertz CT molecular complexity index is 1040. The predicted molar refractivity (Wildman–Crippen MR) is 124 cm³/mol. The first-order chi connectivity index (χ1) is 15.7. The molecule has 0 aromatic heterocycles. The molecule has 0 spiro atoms. The monoisotopic (exact) mass is 431 g/mol. The summed E-state index contributed by atoms with van der Waals surface area (Å²) in [5.74, 6) is 3.06. The number of piperidine rings is 1. The average Bonchev–Trinajstić information content (AvgIpc) is 2.83. The molecule has 3 aromatic carbocycles. The molecule has 0 amide bonds. The van der Waals surface area contributed by atoms with E-state index < -0.39 is 0 Å². The van der Waals surface area contributed by atoms with E-state index in [1.54, 1.807) is 6.07 Å². The van der Waals surface area contributed by atoms with Crippen LogP contribution < -0.4 is 14.2 Å². The fourth-order valence-electron chi connectivity index (χ4n) is 4.58. The number of hydrogen-bond acceptors (Lipinski definition) is 5. The zero-order valence-electron chi connectivity index (χ0n) is 18.2. The van der Waals surface area contributed by atoms with Crippen molar-refractivity contribution >= 4 is 0 Å². The summed E-state index contributed by atoms with van der Waals surface area (Å²) in [6.07, 6.45) is 2.27. The minimum Gasteiger partial charge on any atom is -0.508 e. The Morgan fingerprint density at radius 3 is 2.75 bits per heavy atom. The Balaban J connectivity index is 1.19. The van der Waals surface area contributed by atoms with Gasteiger partial charge in [0.2, 0.25) is 0 Å². The smallest absolute Gasteiger partial charge is 0.165 e. The molecule has 2 unspecified atom stereocenters. The first-order valence-corrected chi connectivity index (χ1v) is 11.3. The van der Waals surface area contributed by atoms with Crippen molar-refractivity contribution < 1.29 is 19.3 Å². The Kier molecular flexibility index (Phi) is 6.17. The number of benzene rings is 3. The lowest BCUT2D eigenvalue weighted by Gasteiger charge is -2.36. The third-order valence-corrected chi connectivity index (χ3v) is 6.19. The van der Waals surface area contributed by atoms with E-state index in [4.69, 9.17) is 14.2 Å². The molecule has 2 aliphatic rings. The van der Waals surface area contributed by atoms with Gasteiger partial charge in [0.25, 0.3) is 0 Å². The first-order valence-electron chi connectivity index (χ1n) is 11.3. The minimum absolute atomic E-state index is 0.0187. The van der Waals surface area contributed by atoms with Gasteiger partial charge in [-0.3, -0.25) is 4.90 Å². The Hall–Kier alpha value is -3.18. The van der Waals surface area contributed by atoms with Crippen LogP contribution in [0.2, 0.25) is 0 Å². The van der Waals surface area contributed by atoms with E-state index in [0.717, 1.165) is 55.3 Å². The Morgan fingerprint density at radius 1 is 0.969 bits per heavy atom. The summed E-state index contributed by atoms with van der Waals surface area (Å²) in [5, 5.41) is 9.83. The van der Waals surface area contributed by atoms with E-state index in [0.29, 0.717) is 24.9 Å². The van der Waals surface area contributed by atoms with Gasteiger partial charge in [-0.05, 0) is 60.7 Å². The first kappa shape index (κ1) is 20.7. The summed E-state index contributed by atoms with van der Waals surface area (Å²) in [7, 11) is 0. The van der Waals surface area contributed by atoms with Crippen molar-refractivity contribution in [3.63, 3.8) is 0 Å². The van der Waals surface area contributed by atoms with Crippen molar-refractivity contribution in [3.8, 4) is 23.0 Å². The van der Waals surface area contributed by atoms with Gasteiger partial charge in [-0.15, -0.1) is 0 Å². The number of likely N-dealkylation sites (tertiary alicyclic amines) is 1. The molecule has 0 saturated carbocycles. The maximum absolute atomic E-state index is 9.83. The number of rotatable bonds is 6. The van der Waals surface area contributed by atoms with Crippen LogP contribution in [0.25, 0.3) is 0 Å². The molecule has 3 aromatic rings. The number of fused-ring (bicyclic) bond motifs is 1. The lowest BCUT2D eigenvalue weighted by molar-refractivity contribution is 0.0501. The van der Waals surface area contributed by atoms with Crippen molar-refractivity contribution in [1.82, 2.24) is 4.90 Å². The molecule has 2 atom stereocenters. The molecule has 5 heteroatoms. The molecule has 1 fully saturated rings. The highest BCUT2D eigenvalue weighted by atomic mass is 16.6. The fraction of sp³-hybridized carbons (Fsp3) is 0.333. The molecule has 166 valence electrons. The van der Waals surface area contributed by atoms with Crippen LogP contribution in [-0.2, 0) is 6.61 Å². The van der Waals surface area contributed by atoms with Gasteiger partial charge in [0.1, 0.15) is 30.8 Å². The quantitative estimate of drug-likeness (QED) is 0.596. The molecule has 5 nitrogen and oxygen atoms in total. The highest BCUT2D eigenvalue weighted by molar-refractivity contribution is 5.46. The summed E-state index contributed by atoms with van der Waals surface area (Å²) in [6, 6.07) is 23.6.